The fourth-order valence-electron chi connectivity index (χ4n) is 5.47. The van der Waals surface area contributed by atoms with Gasteiger partial charge in [0.05, 0.1) is 18.1 Å². The van der Waals surface area contributed by atoms with Gasteiger partial charge in [0.1, 0.15) is 6.17 Å². The average molecular weight is 348 g/mol. The Kier molecular flexibility index (Phi) is 5.16. The van der Waals surface area contributed by atoms with Gasteiger partial charge in [-0.2, -0.15) is 0 Å². The number of ether oxygens (including phenoxy) is 2. The molecule has 4 rings (SSSR count). The number of carbonyl (C=O) groups excluding carboxylic acids is 1. The van der Waals surface area contributed by atoms with E-state index in [1.165, 1.54) is 18.4 Å². The van der Waals surface area contributed by atoms with Crippen LogP contribution in [-0.2, 0) is 14.3 Å². The summed E-state index contributed by atoms with van der Waals surface area (Å²) in [7, 11) is 3.57. The average Bonchev–Trinajstić information content (AvgIpc) is 3.05. The molecular weight excluding hydrogens is 316 g/mol. The lowest BCUT2D eigenvalue weighted by Crippen LogP contribution is -2.61. The summed E-state index contributed by atoms with van der Waals surface area (Å²) in [6, 6.07) is 0.389. The molecule has 2 aliphatic carbocycles. The third-order valence-corrected chi connectivity index (χ3v) is 6.87. The van der Waals surface area contributed by atoms with Gasteiger partial charge in [-0.3, -0.25) is 10.1 Å². The number of methoxy groups -OCH3 is 2. The van der Waals surface area contributed by atoms with E-state index in [1.54, 1.807) is 14.2 Å². The smallest absolute Gasteiger partial charge is 0.228 e. The molecule has 140 valence electrons. The minimum atomic E-state index is 0.146. The Labute approximate surface area is 151 Å². The summed E-state index contributed by atoms with van der Waals surface area (Å²) in [5.41, 5.74) is 1.42. The second-order valence-corrected chi connectivity index (χ2v) is 8.21. The first-order valence-electron chi connectivity index (χ1n) is 10.0. The van der Waals surface area contributed by atoms with Gasteiger partial charge in [-0.25, -0.2) is 0 Å². The zero-order valence-electron chi connectivity index (χ0n) is 15.6. The minimum Gasteiger partial charge on any atom is -0.379 e. The van der Waals surface area contributed by atoms with Crippen molar-refractivity contribution < 1.29 is 14.3 Å². The molecule has 25 heavy (non-hydrogen) atoms. The van der Waals surface area contributed by atoms with Crippen LogP contribution in [0.15, 0.2) is 11.6 Å². The van der Waals surface area contributed by atoms with E-state index in [9.17, 15) is 4.79 Å². The molecule has 6 atom stereocenters. The van der Waals surface area contributed by atoms with E-state index in [4.69, 9.17) is 9.47 Å². The van der Waals surface area contributed by atoms with Crippen LogP contribution in [0.2, 0.25) is 0 Å². The molecule has 2 aliphatic heterocycles. The molecule has 1 N–H and O–H groups in total. The lowest BCUT2D eigenvalue weighted by atomic mass is 9.81. The number of fused-ring (bicyclic) bond motifs is 2. The van der Waals surface area contributed by atoms with Crippen LogP contribution in [0.1, 0.15) is 51.4 Å². The number of rotatable bonds is 3. The maximum atomic E-state index is 12.9. The van der Waals surface area contributed by atoms with Crippen molar-refractivity contribution in [2.75, 3.05) is 20.8 Å². The van der Waals surface area contributed by atoms with Crippen molar-refractivity contribution in [3.63, 3.8) is 0 Å². The predicted octanol–water partition coefficient (Wildman–Crippen LogP) is 2.46. The Morgan fingerprint density at radius 2 is 1.88 bits per heavy atom. The first kappa shape index (κ1) is 17.5. The van der Waals surface area contributed by atoms with Crippen LogP contribution >= 0.6 is 0 Å². The number of amides is 1. The van der Waals surface area contributed by atoms with Gasteiger partial charge in [0.25, 0.3) is 0 Å². The van der Waals surface area contributed by atoms with Crippen LogP contribution < -0.4 is 5.32 Å². The molecule has 2 heterocycles. The lowest BCUT2D eigenvalue weighted by molar-refractivity contribution is -0.143. The quantitative estimate of drug-likeness (QED) is 0.796. The zero-order chi connectivity index (χ0) is 17.4. The maximum Gasteiger partial charge on any atom is 0.228 e. The molecule has 2 saturated carbocycles. The summed E-state index contributed by atoms with van der Waals surface area (Å²) in [4.78, 5) is 15.0. The van der Waals surface area contributed by atoms with Gasteiger partial charge in [-0.1, -0.05) is 18.9 Å². The van der Waals surface area contributed by atoms with Crippen molar-refractivity contribution in [2.24, 2.45) is 11.8 Å². The largest absolute Gasteiger partial charge is 0.379 e. The fourth-order valence-corrected chi connectivity index (χ4v) is 5.47. The number of hydrogen-bond donors (Lipinski definition) is 1. The molecule has 4 aliphatic rings. The highest BCUT2D eigenvalue weighted by Gasteiger charge is 2.46. The minimum absolute atomic E-state index is 0.146. The molecular formula is C20H32N2O3. The molecule has 5 heteroatoms. The van der Waals surface area contributed by atoms with Crippen molar-refractivity contribution in [3.8, 4) is 0 Å². The van der Waals surface area contributed by atoms with E-state index in [0.717, 1.165) is 45.1 Å². The van der Waals surface area contributed by atoms with E-state index in [0.29, 0.717) is 17.9 Å². The van der Waals surface area contributed by atoms with Crippen molar-refractivity contribution in [2.45, 2.75) is 75.8 Å². The summed E-state index contributed by atoms with van der Waals surface area (Å²) >= 11 is 0. The molecule has 5 nitrogen and oxygen atoms in total. The molecule has 1 amide bonds. The van der Waals surface area contributed by atoms with Crippen molar-refractivity contribution in [1.29, 1.82) is 0 Å². The van der Waals surface area contributed by atoms with Crippen LogP contribution in [-0.4, -0.2) is 56.0 Å². The van der Waals surface area contributed by atoms with Crippen LogP contribution in [0.3, 0.4) is 0 Å². The predicted molar refractivity (Wildman–Crippen MR) is 96.0 cm³/mol. The van der Waals surface area contributed by atoms with Gasteiger partial charge in [-0.05, 0) is 50.0 Å². The Hall–Kier alpha value is -0.910. The third-order valence-electron chi connectivity index (χ3n) is 6.87. The van der Waals surface area contributed by atoms with Gasteiger partial charge in [0.2, 0.25) is 5.91 Å². The highest BCUT2D eigenvalue weighted by molar-refractivity contribution is 5.82. The van der Waals surface area contributed by atoms with Gasteiger partial charge in [0, 0.05) is 26.8 Å². The monoisotopic (exact) mass is 348 g/mol. The molecule has 0 spiro atoms. The van der Waals surface area contributed by atoms with Crippen molar-refractivity contribution >= 4 is 5.91 Å². The van der Waals surface area contributed by atoms with Crippen LogP contribution in [0.4, 0.5) is 0 Å². The molecule has 0 bridgehead atoms. The summed E-state index contributed by atoms with van der Waals surface area (Å²) in [5, 5.41) is 3.81. The van der Waals surface area contributed by atoms with E-state index in [2.05, 4.69) is 16.3 Å². The van der Waals surface area contributed by atoms with Gasteiger partial charge >= 0.3 is 0 Å². The van der Waals surface area contributed by atoms with E-state index >= 15 is 0 Å². The van der Waals surface area contributed by atoms with Crippen LogP contribution in [0, 0.1) is 11.8 Å². The SMILES string of the molecule is COC1CCC(/C=C2\CCN3C(=O)C4CCCCC4NC23)CC1OC. The van der Waals surface area contributed by atoms with Gasteiger partial charge in [0.15, 0.2) is 0 Å². The first-order chi connectivity index (χ1) is 12.2. The van der Waals surface area contributed by atoms with Crippen LogP contribution in [0.5, 0.6) is 0 Å². The zero-order valence-corrected chi connectivity index (χ0v) is 15.6. The molecule has 2 saturated heterocycles. The van der Waals surface area contributed by atoms with Gasteiger partial charge in [-0.15, -0.1) is 0 Å². The highest BCUT2D eigenvalue weighted by atomic mass is 16.5. The normalized spacial score (nSPS) is 43.2. The molecule has 0 radical (unpaired) electrons. The fraction of sp³-hybridized carbons (Fsp3) is 0.850. The second kappa shape index (κ2) is 7.37. The Balaban J connectivity index is 1.46. The van der Waals surface area contributed by atoms with E-state index < -0.39 is 0 Å². The third kappa shape index (κ3) is 3.26. The summed E-state index contributed by atoms with van der Waals surface area (Å²) in [6.07, 6.45) is 11.9. The topological polar surface area (TPSA) is 50.8 Å². The molecule has 0 aromatic carbocycles. The number of nitrogens with zero attached hydrogens (tertiary/aromatic N) is 1. The van der Waals surface area contributed by atoms with Crippen molar-refractivity contribution in [1.82, 2.24) is 10.2 Å². The number of nitrogens with one attached hydrogen (secondary N) is 1. The lowest BCUT2D eigenvalue weighted by Gasteiger charge is -2.44. The molecule has 6 unspecified atom stereocenters. The summed E-state index contributed by atoms with van der Waals surface area (Å²) in [6.45, 7) is 0.882. The molecule has 0 aromatic heterocycles. The maximum absolute atomic E-state index is 12.9. The molecule has 0 aromatic rings. The van der Waals surface area contributed by atoms with E-state index in [-0.39, 0.29) is 24.3 Å². The number of allylic oxidation sites excluding steroid dienone is 1. The number of carbonyl (C=O) groups is 1. The highest BCUT2D eigenvalue weighted by Crippen LogP contribution is 2.37. The summed E-state index contributed by atoms with van der Waals surface area (Å²) in [5.74, 6) is 1.15. The standard InChI is InChI=1S/C20H32N2O3/c1-24-17-8-7-13(12-18(17)25-2)11-14-9-10-22-19(14)21-16-6-4-3-5-15(16)20(22)23/h11,13,15-19,21H,3-10,12H2,1-2H3/b14-11+. The first-order valence-corrected chi connectivity index (χ1v) is 10.0. The van der Waals surface area contributed by atoms with Crippen molar-refractivity contribution in [3.05, 3.63) is 11.6 Å². The Morgan fingerprint density at radius 3 is 2.68 bits per heavy atom. The molecule has 4 fully saturated rings. The Bertz CT molecular complexity index is 535. The summed E-state index contributed by atoms with van der Waals surface area (Å²) < 4.78 is 11.2. The van der Waals surface area contributed by atoms with Gasteiger partial charge < -0.3 is 14.4 Å². The van der Waals surface area contributed by atoms with E-state index in [1.807, 2.05) is 0 Å². The Morgan fingerprint density at radius 1 is 1.08 bits per heavy atom. The second-order valence-electron chi connectivity index (χ2n) is 8.21. The number of hydrogen-bond acceptors (Lipinski definition) is 4. The van der Waals surface area contributed by atoms with Crippen LogP contribution in [0.25, 0.3) is 0 Å².